The van der Waals surface area contributed by atoms with Gasteiger partial charge in [-0.15, -0.1) is 0 Å². The summed E-state index contributed by atoms with van der Waals surface area (Å²) >= 11 is 0. The van der Waals surface area contributed by atoms with Crippen LogP contribution in [0.15, 0.2) is 41.7 Å². The van der Waals surface area contributed by atoms with Crippen LogP contribution in [-0.4, -0.2) is 35.5 Å². The van der Waals surface area contributed by atoms with E-state index in [4.69, 9.17) is 4.74 Å². The highest BCUT2D eigenvalue weighted by Crippen LogP contribution is 2.17. The van der Waals surface area contributed by atoms with Crippen molar-refractivity contribution >= 4 is 11.9 Å². The lowest BCUT2D eigenvalue weighted by atomic mass is 10.2. The molecule has 5 heteroatoms. The summed E-state index contributed by atoms with van der Waals surface area (Å²) in [7, 11) is 1.51. The number of nitrogens with zero attached hydrogens (tertiary/aromatic N) is 1. The minimum Gasteiger partial charge on any atom is -0.503 e. The smallest absolute Gasteiger partial charge is 0.340 e. The molecule has 1 heterocycles. The van der Waals surface area contributed by atoms with Gasteiger partial charge in [-0.25, -0.2) is 4.79 Å². The third kappa shape index (κ3) is 2.34. The maximum atomic E-state index is 11.7. The third-order valence-corrected chi connectivity index (χ3v) is 2.69. The number of aliphatic hydroxyl groups excluding tert-OH is 1. The molecule has 0 atom stereocenters. The number of aliphatic hydroxyl groups is 1. The number of rotatable bonds is 3. The number of amides is 1. The first kappa shape index (κ1) is 12.2. The maximum absolute atomic E-state index is 11.7. The summed E-state index contributed by atoms with van der Waals surface area (Å²) in [6, 6.07) is 9.20. The Labute approximate surface area is 104 Å². The lowest BCUT2D eigenvalue weighted by Gasteiger charge is -2.07. The molecule has 0 aromatic heterocycles. The molecule has 0 bridgehead atoms. The quantitative estimate of drug-likeness (QED) is 0.810. The van der Waals surface area contributed by atoms with Crippen LogP contribution in [0.1, 0.15) is 5.56 Å². The van der Waals surface area contributed by atoms with E-state index in [0.717, 1.165) is 5.56 Å². The third-order valence-electron chi connectivity index (χ3n) is 2.69. The Kier molecular flexibility index (Phi) is 3.32. The van der Waals surface area contributed by atoms with Gasteiger partial charge in [0.15, 0.2) is 5.76 Å². The first-order valence-electron chi connectivity index (χ1n) is 5.48. The molecule has 1 aliphatic heterocycles. The molecule has 0 aliphatic carbocycles. The molecular weight excluding hydrogens is 234 g/mol. The first-order chi connectivity index (χ1) is 8.59. The summed E-state index contributed by atoms with van der Waals surface area (Å²) in [4.78, 5) is 24.3. The molecule has 94 valence electrons. The molecule has 0 spiro atoms. The summed E-state index contributed by atoms with van der Waals surface area (Å²) in [6.07, 6.45) is 0. The molecule has 0 saturated heterocycles. The molecule has 1 aliphatic rings. The molecule has 18 heavy (non-hydrogen) atoms. The molecule has 0 unspecified atom stereocenters. The SMILES string of the molecule is CN1CC(C(=O)OCc2ccccc2)=C(O)C1=O. The Morgan fingerprint density at radius 2 is 2.06 bits per heavy atom. The van der Waals surface area contributed by atoms with E-state index in [1.165, 1.54) is 11.9 Å². The zero-order chi connectivity index (χ0) is 13.1. The van der Waals surface area contributed by atoms with Crippen molar-refractivity contribution in [3.63, 3.8) is 0 Å². The van der Waals surface area contributed by atoms with Crippen LogP contribution in [0.25, 0.3) is 0 Å². The van der Waals surface area contributed by atoms with Crippen molar-refractivity contribution in [3.8, 4) is 0 Å². The Morgan fingerprint density at radius 1 is 1.39 bits per heavy atom. The molecular formula is C13H13NO4. The van der Waals surface area contributed by atoms with Crippen molar-refractivity contribution in [2.45, 2.75) is 6.61 Å². The molecule has 1 aromatic rings. The fourth-order valence-electron chi connectivity index (χ4n) is 1.67. The number of esters is 1. The fourth-order valence-corrected chi connectivity index (χ4v) is 1.67. The van der Waals surface area contributed by atoms with Gasteiger partial charge in [-0.3, -0.25) is 4.79 Å². The van der Waals surface area contributed by atoms with E-state index < -0.39 is 17.6 Å². The largest absolute Gasteiger partial charge is 0.503 e. The Hall–Kier alpha value is -2.30. The number of carbonyl (C=O) groups excluding carboxylic acids is 2. The van der Waals surface area contributed by atoms with Crippen molar-refractivity contribution in [2.75, 3.05) is 13.6 Å². The van der Waals surface area contributed by atoms with E-state index in [-0.39, 0.29) is 18.7 Å². The Morgan fingerprint density at radius 3 is 2.61 bits per heavy atom. The molecule has 0 fully saturated rings. The van der Waals surface area contributed by atoms with Crippen LogP contribution in [0.3, 0.4) is 0 Å². The van der Waals surface area contributed by atoms with Gasteiger partial charge in [-0.1, -0.05) is 30.3 Å². The van der Waals surface area contributed by atoms with Gasteiger partial charge in [0.1, 0.15) is 12.2 Å². The van der Waals surface area contributed by atoms with Crippen LogP contribution in [-0.2, 0) is 20.9 Å². The maximum Gasteiger partial charge on any atom is 0.340 e. The monoisotopic (exact) mass is 247 g/mol. The van der Waals surface area contributed by atoms with E-state index in [1.54, 1.807) is 0 Å². The Bertz CT molecular complexity index is 507. The minimum atomic E-state index is -0.658. The van der Waals surface area contributed by atoms with Gasteiger partial charge in [0.05, 0.1) is 6.54 Å². The van der Waals surface area contributed by atoms with Crippen molar-refractivity contribution in [1.29, 1.82) is 0 Å². The predicted octanol–water partition coefficient (Wildman–Crippen LogP) is 1.01. The second kappa shape index (κ2) is 4.91. The second-order valence-corrected chi connectivity index (χ2v) is 4.05. The standard InChI is InChI=1S/C13H13NO4/c1-14-7-10(11(15)12(14)16)13(17)18-8-9-5-3-2-4-6-9/h2-6,15H,7-8H2,1H3. The number of benzene rings is 1. The molecule has 0 radical (unpaired) electrons. The van der Waals surface area contributed by atoms with Gasteiger partial charge in [0, 0.05) is 7.05 Å². The zero-order valence-electron chi connectivity index (χ0n) is 9.92. The number of hydrogen-bond acceptors (Lipinski definition) is 4. The summed E-state index contributed by atoms with van der Waals surface area (Å²) < 4.78 is 5.04. The number of ether oxygens (including phenoxy) is 1. The molecule has 1 amide bonds. The van der Waals surface area contributed by atoms with E-state index in [9.17, 15) is 14.7 Å². The molecule has 1 N–H and O–H groups in total. The minimum absolute atomic E-state index is 0.0124. The lowest BCUT2D eigenvalue weighted by Crippen LogP contribution is -2.22. The van der Waals surface area contributed by atoms with Crippen molar-refractivity contribution in [2.24, 2.45) is 0 Å². The Balaban J connectivity index is 2.00. The van der Waals surface area contributed by atoms with Crippen LogP contribution in [0, 0.1) is 0 Å². The van der Waals surface area contributed by atoms with Crippen LogP contribution in [0.2, 0.25) is 0 Å². The van der Waals surface area contributed by atoms with E-state index in [2.05, 4.69) is 0 Å². The van der Waals surface area contributed by atoms with Gasteiger partial charge >= 0.3 is 5.97 Å². The summed E-state index contributed by atoms with van der Waals surface area (Å²) in [6.45, 7) is 0.201. The number of carbonyl (C=O) groups is 2. The normalized spacial score (nSPS) is 15.2. The lowest BCUT2D eigenvalue weighted by molar-refractivity contribution is -0.140. The zero-order valence-corrected chi connectivity index (χ0v) is 9.92. The summed E-state index contributed by atoms with van der Waals surface area (Å²) in [5.41, 5.74) is 0.863. The van der Waals surface area contributed by atoms with E-state index in [1.807, 2.05) is 30.3 Å². The highest BCUT2D eigenvalue weighted by Gasteiger charge is 2.32. The molecule has 1 aromatic carbocycles. The van der Waals surface area contributed by atoms with Gasteiger partial charge in [-0.2, -0.15) is 0 Å². The van der Waals surface area contributed by atoms with E-state index in [0.29, 0.717) is 0 Å². The van der Waals surface area contributed by atoms with Crippen LogP contribution in [0.4, 0.5) is 0 Å². The van der Waals surface area contributed by atoms with E-state index >= 15 is 0 Å². The van der Waals surface area contributed by atoms with Crippen LogP contribution >= 0.6 is 0 Å². The van der Waals surface area contributed by atoms with Gasteiger partial charge < -0.3 is 14.7 Å². The first-order valence-corrected chi connectivity index (χ1v) is 5.48. The topological polar surface area (TPSA) is 66.8 Å². The summed E-state index contributed by atoms with van der Waals surface area (Å²) in [5, 5.41) is 9.48. The number of hydrogen-bond donors (Lipinski definition) is 1. The van der Waals surface area contributed by atoms with Crippen molar-refractivity contribution in [1.82, 2.24) is 4.90 Å². The highest BCUT2D eigenvalue weighted by atomic mass is 16.5. The van der Waals surface area contributed by atoms with Crippen molar-refractivity contribution < 1.29 is 19.4 Å². The average Bonchev–Trinajstić information content (AvgIpc) is 2.65. The fraction of sp³-hybridized carbons (Fsp3) is 0.231. The second-order valence-electron chi connectivity index (χ2n) is 4.05. The predicted molar refractivity (Wildman–Crippen MR) is 63.5 cm³/mol. The van der Waals surface area contributed by atoms with Crippen LogP contribution < -0.4 is 0 Å². The van der Waals surface area contributed by atoms with Gasteiger partial charge in [0.2, 0.25) is 0 Å². The van der Waals surface area contributed by atoms with Crippen molar-refractivity contribution in [3.05, 3.63) is 47.2 Å². The highest BCUT2D eigenvalue weighted by molar-refractivity contribution is 6.04. The van der Waals surface area contributed by atoms with Gasteiger partial charge in [-0.05, 0) is 5.56 Å². The molecule has 0 saturated carbocycles. The van der Waals surface area contributed by atoms with Crippen LogP contribution in [0.5, 0.6) is 0 Å². The molecule has 2 rings (SSSR count). The number of likely N-dealkylation sites (N-methyl/N-ethyl adjacent to an activating group) is 1. The summed E-state index contributed by atoms with van der Waals surface area (Å²) in [5.74, 6) is -1.73. The molecule has 5 nitrogen and oxygen atoms in total. The van der Waals surface area contributed by atoms with Gasteiger partial charge in [0.25, 0.3) is 5.91 Å². The average molecular weight is 247 g/mol.